The fraction of sp³-hybridized carbons (Fsp3) is 0.385. The van der Waals surface area contributed by atoms with Gasteiger partial charge in [0.05, 0.1) is 12.1 Å². The number of aromatic nitrogens is 2. The van der Waals surface area contributed by atoms with Gasteiger partial charge in [0, 0.05) is 25.0 Å². The van der Waals surface area contributed by atoms with Crippen LogP contribution in [-0.4, -0.2) is 28.8 Å². The Morgan fingerprint density at radius 3 is 3.06 bits per heavy atom. The molecule has 1 unspecified atom stereocenters. The van der Waals surface area contributed by atoms with E-state index in [4.69, 9.17) is 4.74 Å². The number of ether oxygens (including phenoxy) is 1. The maximum Gasteiger partial charge on any atom is 0.189 e. The van der Waals surface area contributed by atoms with Crippen LogP contribution in [0.5, 0.6) is 0 Å². The van der Waals surface area contributed by atoms with Crippen LogP contribution in [0.25, 0.3) is 10.9 Å². The highest BCUT2D eigenvalue weighted by Crippen LogP contribution is 2.23. The maximum absolute atomic E-state index is 12.3. The number of ketones is 1. The Balaban J connectivity index is 2.08. The molecule has 4 nitrogen and oxygen atoms in total. The number of aryl methyl sites for hydroxylation is 1. The zero-order valence-electron chi connectivity index (χ0n) is 9.72. The average Bonchev–Trinajstić information content (AvgIpc) is 2.97. The van der Waals surface area contributed by atoms with Gasteiger partial charge in [-0.2, -0.15) is 5.10 Å². The van der Waals surface area contributed by atoms with Crippen molar-refractivity contribution < 1.29 is 9.53 Å². The number of rotatable bonds is 2. The first-order valence-corrected chi connectivity index (χ1v) is 5.81. The zero-order chi connectivity index (χ0) is 11.8. The van der Waals surface area contributed by atoms with Gasteiger partial charge in [-0.15, -0.1) is 0 Å². The van der Waals surface area contributed by atoms with Crippen molar-refractivity contribution in [3.05, 3.63) is 30.0 Å². The minimum Gasteiger partial charge on any atom is -0.381 e. The molecule has 1 aromatic heterocycles. The molecule has 0 aliphatic carbocycles. The van der Waals surface area contributed by atoms with Crippen molar-refractivity contribution in [1.29, 1.82) is 0 Å². The van der Waals surface area contributed by atoms with Crippen LogP contribution in [0.3, 0.4) is 0 Å². The largest absolute Gasteiger partial charge is 0.381 e. The number of carbonyl (C=O) groups excluding carboxylic acids is 1. The molecule has 0 N–H and O–H groups in total. The van der Waals surface area contributed by atoms with Gasteiger partial charge in [-0.3, -0.25) is 9.48 Å². The molecule has 0 amide bonds. The predicted octanol–water partition coefficient (Wildman–Crippen LogP) is 1.79. The van der Waals surface area contributed by atoms with E-state index in [1.54, 1.807) is 4.68 Å². The predicted molar refractivity (Wildman–Crippen MR) is 64.0 cm³/mol. The van der Waals surface area contributed by atoms with E-state index >= 15 is 0 Å². The first-order chi connectivity index (χ1) is 8.27. The van der Waals surface area contributed by atoms with E-state index in [9.17, 15) is 4.79 Å². The van der Waals surface area contributed by atoms with Crippen LogP contribution in [0.4, 0.5) is 0 Å². The second kappa shape index (κ2) is 3.96. The topological polar surface area (TPSA) is 44.1 Å². The van der Waals surface area contributed by atoms with Crippen molar-refractivity contribution in [2.45, 2.75) is 6.42 Å². The van der Waals surface area contributed by atoms with Gasteiger partial charge in [-0.25, -0.2) is 0 Å². The van der Waals surface area contributed by atoms with E-state index in [2.05, 4.69) is 5.10 Å². The molecule has 0 saturated carbocycles. The molecule has 3 rings (SSSR count). The number of fused-ring (bicyclic) bond motifs is 1. The molecule has 0 bridgehead atoms. The molecule has 1 aliphatic rings. The summed E-state index contributed by atoms with van der Waals surface area (Å²) in [6.07, 6.45) is 0.809. The highest BCUT2D eigenvalue weighted by molar-refractivity contribution is 6.07. The summed E-state index contributed by atoms with van der Waals surface area (Å²) in [6.45, 7) is 1.21. The second-order valence-electron chi connectivity index (χ2n) is 4.41. The summed E-state index contributed by atoms with van der Waals surface area (Å²) < 4.78 is 7.03. The average molecular weight is 230 g/mol. The van der Waals surface area contributed by atoms with Crippen molar-refractivity contribution in [3.63, 3.8) is 0 Å². The molecule has 88 valence electrons. The third kappa shape index (κ3) is 1.65. The Hall–Kier alpha value is -1.68. The van der Waals surface area contributed by atoms with Crippen molar-refractivity contribution in [2.75, 3.05) is 13.2 Å². The lowest BCUT2D eigenvalue weighted by atomic mass is 9.99. The monoisotopic (exact) mass is 230 g/mol. The van der Waals surface area contributed by atoms with Crippen LogP contribution in [0, 0.1) is 5.92 Å². The van der Waals surface area contributed by atoms with Crippen LogP contribution >= 0.6 is 0 Å². The number of carbonyl (C=O) groups is 1. The van der Waals surface area contributed by atoms with Crippen LogP contribution in [-0.2, 0) is 11.8 Å². The summed E-state index contributed by atoms with van der Waals surface area (Å²) in [5.41, 5.74) is 1.58. The van der Waals surface area contributed by atoms with Crippen LogP contribution in [0.2, 0.25) is 0 Å². The van der Waals surface area contributed by atoms with Crippen LogP contribution < -0.4 is 0 Å². The van der Waals surface area contributed by atoms with Crippen molar-refractivity contribution >= 4 is 16.7 Å². The van der Waals surface area contributed by atoms with Gasteiger partial charge >= 0.3 is 0 Å². The van der Waals surface area contributed by atoms with Crippen molar-refractivity contribution in [1.82, 2.24) is 9.78 Å². The quantitative estimate of drug-likeness (QED) is 0.739. The molecule has 1 atom stereocenters. The van der Waals surface area contributed by atoms with E-state index in [0.717, 1.165) is 17.3 Å². The van der Waals surface area contributed by atoms with Crippen LogP contribution in [0.1, 0.15) is 16.9 Å². The van der Waals surface area contributed by atoms with Gasteiger partial charge in [0.1, 0.15) is 5.69 Å². The molecule has 1 saturated heterocycles. The molecule has 1 aromatic carbocycles. The van der Waals surface area contributed by atoms with Crippen LogP contribution in [0.15, 0.2) is 24.3 Å². The summed E-state index contributed by atoms with van der Waals surface area (Å²) in [5.74, 6) is 0.0904. The number of nitrogens with zero attached hydrogens (tertiary/aromatic N) is 2. The lowest BCUT2D eigenvalue weighted by molar-refractivity contribution is 0.0896. The minimum atomic E-state index is -0.0201. The molecule has 2 heterocycles. The first kappa shape index (κ1) is 10.5. The Bertz CT molecular complexity index is 568. The third-order valence-corrected chi connectivity index (χ3v) is 3.29. The summed E-state index contributed by atoms with van der Waals surface area (Å²) >= 11 is 0. The molecule has 0 spiro atoms. The summed E-state index contributed by atoms with van der Waals surface area (Å²) in [6, 6.07) is 7.82. The SMILES string of the molecule is Cn1nc(C(=O)C2CCOC2)c2ccccc21. The first-order valence-electron chi connectivity index (χ1n) is 5.81. The molecule has 4 heteroatoms. The van der Waals surface area contributed by atoms with Gasteiger partial charge in [-0.1, -0.05) is 18.2 Å². The lowest BCUT2D eigenvalue weighted by Gasteiger charge is -2.03. The smallest absolute Gasteiger partial charge is 0.189 e. The zero-order valence-corrected chi connectivity index (χ0v) is 9.72. The van der Waals surface area contributed by atoms with Gasteiger partial charge in [-0.05, 0) is 12.5 Å². The lowest BCUT2D eigenvalue weighted by Crippen LogP contribution is -2.15. The normalized spacial score (nSPS) is 19.9. The molecular weight excluding hydrogens is 216 g/mol. The number of hydrogen-bond acceptors (Lipinski definition) is 3. The van der Waals surface area contributed by atoms with Gasteiger partial charge in [0.15, 0.2) is 5.78 Å². The summed E-state index contributed by atoms with van der Waals surface area (Å²) in [5, 5.41) is 5.28. The second-order valence-corrected chi connectivity index (χ2v) is 4.41. The van der Waals surface area contributed by atoms with E-state index in [-0.39, 0.29) is 11.7 Å². The minimum absolute atomic E-state index is 0.0201. The van der Waals surface area contributed by atoms with Crippen molar-refractivity contribution in [3.8, 4) is 0 Å². The fourth-order valence-corrected chi connectivity index (χ4v) is 2.33. The third-order valence-electron chi connectivity index (χ3n) is 3.29. The van der Waals surface area contributed by atoms with E-state index in [1.807, 2.05) is 31.3 Å². The molecule has 17 heavy (non-hydrogen) atoms. The number of para-hydroxylation sites is 1. The number of hydrogen-bond donors (Lipinski definition) is 0. The van der Waals surface area contributed by atoms with Gasteiger partial charge in [0.2, 0.25) is 0 Å². The Labute approximate surface area is 99.2 Å². The highest BCUT2D eigenvalue weighted by atomic mass is 16.5. The molecule has 0 radical (unpaired) electrons. The Kier molecular flexibility index (Phi) is 2.44. The van der Waals surface area contributed by atoms with Gasteiger partial charge in [0.25, 0.3) is 0 Å². The molecule has 2 aromatic rings. The number of benzene rings is 1. The van der Waals surface area contributed by atoms with E-state index in [1.165, 1.54) is 0 Å². The standard InChI is InChI=1S/C13H14N2O2/c1-15-11-5-3-2-4-10(11)12(14-15)13(16)9-6-7-17-8-9/h2-5,9H,6-8H2,1H3. The van der Waals surface area contributed by atoms with E-state index in [0.29, 0.717) is 18.9 Å². The summed E-state index contributed by atoms with van der Waals surface area (Å²) in [4.78, 5) is 12.3. The fourth-order valence-electron chi connectivity index (χ4n) is 2.33. The highest BCUT2D eigenvalue weighted by Gasteiger charge is 2.28. The Morgan fingerprint density at radius 1 is 1.47 bits per heavy atom. The molecule has 1 aliphatic heterocycles. The van der Waals surface area contributed by atoms with Gasteiger partial charge < -0.3 is 4.74 Å². The number of Topliss-reactive ketones (excluding diaryl/α,β-unsaturated/α-hetero) is 1. The maximum atomic E-state index is 12.3. The Morgan fingerprint density at radius 2 is 2.29 bits per heavy atom. The van der Waals surface area contributed by atoms with Crippen molar-refractivity contribution in [2.24, 2.45) is 13.0 Å². The molecular formula is C13H14N2O2. The molecule has 1 fully saturated rings. The summed E-state index contributed by atoms with van der Waals surface area (Å²) in [7, 11) is 1.87. The van der Waals surface area contributed by atoms with E-state index < -0.39 is 0 Å².